The van der Waals surface area contributed by atoms with Crippen molar-refractivity contribution in [1.29, 1.82) is 0 Å². The molecular weight excluding hydrogens is 314 g/mol. The number of benzene rings is 1. The summed E-state index contributed by atoms with van der Waals surface area (Å²) in [6.07, 6.45) is 10.6. The molecule has 0 bridgehead atoms. The van der Waals surface area contributed by atoms with E-state index >= 15 is 0 Å². The van der Waals surface area contributed by atoms with E-state index in [0.717, 1.165) is 35.6 Å². The Kier molecular flexibility index (Phi) is 4.37. The summed E-state index contributed by atoms with van der Waals surface area (Å²) in [5, 5.41) is 4.40. The third-order valence-electron chi connectivity index (χ3n) is 4.43. The fourth-order valence-corrected chi connectivity index (χ4v) is 3.14. The second-order valence-electron chi connectivity index (χ2n) is 6.20. The Morgan fingerprint density at radius 2 is 1.96 bits per heavy atom. The van der Waals surface area contributed by atoms with Gasteiger partial charge in [0.2, 0.25) is 0 Å². The molecule has 2 aromatic rings. The van der Waals surface area contributed by atoms with Gasteiger partial charge in [-0.3, -0.25) is 0 Å². The number of methoxy groups -OCH3 is 1. The Morgan fingerprint density at radius 1 is 1.08 bits per heavy atom. The number of nitrogens with zero attached hydrogens (tertiary/aromatic N) is 3. The van der Waals surface area contributed by atoms with Crippen LogP contribution in [0.2, 0.25) is 0 Å². The summed E-state index contributed by atoms with van der Waals surface area (Å²) in [4.78, 5) is 8.66. The minimum absolute atomic E-state index is 0.294. The van der Waals surface area contributed by atoms with Crippen LogP contribution in [0, 0.1) is 0 Å². The molecule has 127 valence electrons. The lowest BCUT2D eigenvalue weighted by Crippen LogP contribution is -2.11. The van der Waals surface area contributed by atoms with Gasteiger partial charge in [0, 0.05) is 6.20 Å². The van der Waals surface area contributed by atoms with E-state index in [1.54, 1.807) is 13.3 Å². The molecule has 0 atom stereocenters. The fourth-order valence-electron chi connectivity index (χ4n) is 3.14. The fraction of sp³-hybridized carbons (Fsp3) is 0.300. The first-order valence-electron chi connectivity index (χ1n) is 8.60. The minimum atomic E-state index is 0.294. The number of rotatable bonds is 5. The maximum atomic E-state index is 6.14. The Morgan fingerprint density at radius 3 is 2.76 bits per heavy atom. The van der Waals surface area contributed by atoms with E-state index in [2.05, 4.69) is 15.3 Å². The SMILES string of the molecule is COc1ccc(C=CC2=Nc3cccnc3[N]2)cc1OC1CCCC1. The number of amidine groups is 1. The first-order valence-corrected chi connectivity index (χ1v) is 8.60. The van der Waals surface area contributed by atoms with Gasteiger partial charge in [0.25, 0.3) is 0 Å². The lowest BCUT2D eigenvalue weighted by molar-refractivity contribution is 0.201. The first-order chi connectivity index (χ1) is 12.3. The second-order valence-corrected chi connectivity index (χ2v) is 6.20. The van der Waals surface area contributed by atoms with E-state index in [0.29, 0.717) is 17.8 Å². The van der Waals surface area contributed by atoms with Crippen LogP contribution in [0.1, 0.15) is 31.2 Å². The molecule has 1 aromatic carbocycles. The van der Waals surface area contributed by atoms with Crippen molar-refractivity contribution in [2.75, 3.05) is 7.11 Å². The van der Waals surface area contributed by atoms with Crippen LogP contribution in [-0.4, -0.2) is 24.0 Å². The highest BCUT2D eigenvalue weighted by atomic mass is 16.5. The van der Waals surface area contributed by atoms with E-state index in [9.17, 15) is 0 Å². The van der Waals surface area contributed by atoms with E-state index in [-0.39, 0.29) is 0 Å². The molecule has 1 fully saturated rings. The zero-order chi connectivity index (χ0) is 17.1. The average molecular weight is 334 g/mol. The van der Waals surface area contributed by atoms with Crippen LogP contribution in [0.5, 0.6) is 11.5 Å². The zero-order valence-electron chi connectivity index (χ0n) is 14.2. The Balaban J connectivity index is 1.51. The zero-order valence-corrected chi connectivity index (χ0v) is 14.2. The van der Waals surface area contributed by atoms with Crippen LogP contribution in [0.4, 0.5) is 11.5 Å². The van der Waals surface area contributed by atoms with Crippen LogP contribution in [-0.2, 0) is 0 Å². The summed E-state index contributed by atoms with van der Waals surface area (Å²) >= 11 is 0. The van der Waals surface area contributed by atoms with Crippen LogP contribution < -0.4 is 14.8 Å². The molecule has 5 heteroatoms. The lowest BCUT2D eigenvalue weighted by Gasteiger charge is -2.16. The summed E-state index contributed by atoms with van der Waals surface area (Å²) in [5.41, 5.74) is 1.83. The predicted molar refractivity (Wildman–Crippen MR) is 98.0 cm³/mol. The lowest BCUT2D eigenvalue weighted by atomic mass is 10.1. The summed E-state index contributed by atoms with van der Waals surface area (Å²) < 4.78 is 11.6. The number of aromatic nitrogens is 1. The van der Waals surface area contributed by atoms with Crippen molar-refractivity contribution in [2.45, 2.75) is 31.8 Å². The number of ether oxygens (including phenoxy) is 2. The monoisotopic (exact) mass is 334 g/mol. The largest absolute Gasteiger partial charge is 0.493 e. The van der Waals surface area contributed by atoms with Crippen molar-refractivity contribution >= 4 is 23.4 Å². The van der Waals surface area contributed by atoms with E-state index in [1.165, 1.54) is 12.8 Å². The van der Waals surface area contributed by atoms with Gasteiger partial charge in [0.15, 0.2) is 23.2 Å². The van der Waals surface area contributed by atoms with Gasteiger partial charge in [-0.15, -0.1) is 0 Å². The number of pyridine rings is 1. The molecule has 0 saturated heterocycles. The van der Waals surface area contributed by atoms with Gasteiger partial charge in [-0.05, 0) is 61.6 Å². The topological polar surface area (TPSA) is 57.8 Å². The summed E-state index contributed by atoms with van der Waals surface area (Å²) in [7, 11) is 1.67. The highest BCUT2D eigenvalue weighted by Gasteiger charge is 2.18. The summed E-state index contributed by atoms with van der Waals surface area (Å²) in [6, 6.07) is 9.72. The highest BCUT2D eigenvalue weighted by molar-refractivity contribution is 6.04. The molecule has 5 nitrogen and oxygen atoms in total. The predicted octanol–water partition coefficient (Wildman–Crippen LogP) is 4.40. The maximum absolute atomic E-state index is 6.14. The van der Waals surface area contributed by atoms with E-state index in [4.69, 9.17) is 9.47 Å². The summed E-state index contributed by atoms with van der Waals surface area (Å²) in [5.74, 6) is 2.89. The molecule has 1 aromatic heterocycles. The van der Waals surface area contributed by atoms with Crippen LogP contribution in [0.3, 0.4) is 0 Å². The molecule has 2 heterocycles. The molecule has 4 rings (SSSR count). The van der Waals surface area contributed by atoms with Crippen molar-refractivity contribution in [3.05, 3.63) is 48.2 Å². The number of hydrogen-bond donors (Lipinski definition) is 0. The molecular formula is C20H20N3O2. The van der Waals surface area contributed by atoms with Crippen LogP contribution >= 0.6 is 0 Å². The van der Waals surface area contributed by atoms with Gasteiger partial charge in [-0.25, -0.2) is 15.3 Å². The van der Waals surface area contributed by atoms with Crippen molar-refractivity contribution in [2.24, 2.45) is 4.99 Å². The third kappa shape index (κ3) is 3.50. The van der Waals surface area contributed by atoms with Gasteiger partial charge in [0.05, 0.1) is 13.2 Å². The molecule has 1 aliphatic heterocycles. The first kappa shape index (κ1) is 15.7. The molecule has 1 aliphatic carbocycles. The van der Waals surface area contributed by atoms with E-state index in [1.807, 2.05) is 42.5 Å². The quantitative estimate of drug-likeness (QED) is 0.814. The molecule has 1 radical (unpaired) electrons. The van der Waals surface area contributed by atoms with Gasteiger partial charge in [0.1, 0.15) is 5.69 Å². The highest BCUT2D eigenvalue weighted by Crippen LogP contribution is 2.33. The van der Waals surface area contributed by atoms with Crippen molar-refractivity contribution in [1.82, 2.24) is 10.3 Å². The molecule has 2 aliphatic rings. The second kappa shape index (κ2) is 6.97. The number of hydrogen-bond acceptors (Lipinski definition) is 4. The van der Waals surface area contributed by atoms with Crippen molar-refractivity contribution in [3.8, 4) is 11.5 Å². The standard InChI is InChI=1S/C20H20N3O2/c1-24-17-10-8-14(13-18(17)25-15-5-2-3-6-15)9-11-19-22-16-7-4-12-21-20(16)23-19/h4,7-13,15H,2-3,5-6H2,1H3. The van der Waals surface area contributed by atoms with Crippen LogP contribution in [0.15, 0.2) is 47.6 Å². The molecule has 0 N–H and O–H groups in total. The smallest absolute Gasteiger partial charge is 0.180 e. The number of fused-ring (bicyclic) bond motifs is 1. The molecule has 1 saturated carbocycles. The van der Waals surface area contributed by atoms with Gasteiger partial charge in [-0.2, -0.15) is 0 Å². The van der Waals surface area contributed by atoms with Gasteiger partial charge < -0.3 is 9.47 Å². The number of aliphatic imine (C=N–C) groups is 1. The van der Waals surface area contributed by atoms with Gasteiger partial charge in [-0.1, -0.05) is 12.1 Å². The van der Waals surface area contributed by atoms with Crippen molar-refractivity contribution < 1.29 is 9.47 Å². The third-order valence-corrected chi connectivity index (χ3v) is 4.43. The van der Waals surface area contributed by atoms with Crippen molar-refractivity contribution in [3.63, 3.8) is 0 Å². The molecule has 25 heavy (non-hydrogen) atoms. The molecule has 0 spiro atoms. The molecule has 0 amide bonds. The van der Waals surface area contributed by atoms with E-state index < -0.39 is 0 Å². The Hall–Kier alpha value is -2.82. The Bertz CT molecular complexity index is 823. The average Bonchev–Trinajstić information content (AvgIpc) is 3.29. The maximum Gasteiger partial charge on any atom is 0.180 e. The van der Waals surface area contributed by atoms with Gasteiger partial charge >= 0.3 is 0 Å². The Labute approximate surface area is 147 Å². The summed E-state index contributed by atoms with van der Waals surface area (Å²) in [6.45, 7) is 0. The molecule has 0 unspecified atom stereocenters. The normalized spacial score (nSPS) is 16.6. The minimum Gasteiger partial charge on any atom is -0.493 e. The van der Waals surface area contributed by atoms with Crippen LogP contribution in [0.25, 0.3) is 6.08 Å².